The van der Waals surface area contributed by atoms with E-state index in [9.17, 15) is 8.42 Å². The molecule has 2 heterocycles. The Balaban J connectivity index is 1.46. The Hall–Kier alpha value is -3.51. The molecule has 12 heteroatoms. The highest BCUT2D eigenvalue weighted by Gasteiger charge is 2.20. The van der Waals surface area contributed by atoms with E-state index in [0.717, 1.165) is 0 Å². The molecule has 154 valence electrons. The average Bonchev–Trinajstić information content (AvgIpc) is 3.31. The van der Waals surface area contributed by atoms with E-state index >= 15 is 0 Å². The first-order chi connectivity index (χ1) is 14.6. The molecule has 30 heavy (non-hydrogen) atoms. The van der Waals surface area contributed by atoms with E-state index in [-0.39, 0.29) is 11.5 Å². The zero-order chi connectivity index (χ0) is 21.0. The van der Waals surface area contributed by atoms with Crippen LogP contribution < -0.4 is 9.46 Å². The molecule has 0 saturated heterocycles. The van der Waals surface area contributed by atoms with Gasteiger partial charge in [0.2, 0.25) is 15.9 Å². The number of nitrogens with zero attached hydrogens (tertiary/aromatic N) is 7. The van der Waals surface area contributed by atoms with Crippen molar-refractivity contribution in [3.05, 3.63) is 54.9 Å². The Labute approximate surface area is 172 Å². The van der Waals surface area contributed by atoms with Gasteiger partial charge in [0.05, 0.1) is 22.0 Å². The van der Waals surface area contributed by atoms with Crippen molar-refractivity contribution in [1.82, 2.24) is 40.3 Å². The molecule has 4 aromatic rings. The molecule has 1 N–H and O–H groups in total. The number of nitrogens with one attached hydrogen (secondary N) is 1. The largest absolute Gasteiger partial charge is 0.474 e. The summed E-state index contributed by atoms with van der Waals surface area (Å²) in [6.45, 7) is 1.97. The lowest BCUT2D eigenvalue weighted by Gasteiger charge is -2.18. The van der Waals surface area contributed by atoms with Crippen molar-refractivity contribution >= 4 is 20.9 Å². The maximum atomic E-state index is 12.8. The number of fused-ring (bicyclic) bond motifs is 1. The molecule has 1 atom stereocenters. The Bertz CT molecular complexity index is 1220. The highest BCUT2D eigenvalue weighted by atomic mass is 32.2. The third-order valence-electron chi connectivity index (χ3n) is 4.42. The van der Waals surface area contributed by atoms with Crippen LogP contribution >= 0.6 is 0 Å². The van der Waals surface area contributed by atoms with E-state index in [0.29, 0.717) is 28.9 Å². The Morgan fingerprint density at radius 3 is 2.60 bits per heavy atom. The van der Waals surface area contributed by atoms with Crippen molar-refractivity contribution in [2.75, 3.05) is 6.61 Å². The third-order valence-corrected chi connectivity index (χ3v) is 5.96. The first-order valence-electron chi connectivity index (χ1n) is 9.13. The van der Waals surface area contributed by atoms with E-state index in [1.807, 2.05) is 25.1 Å². The fourth-order valence-electron chi connectivity index (χ4n) is 2.77. The monoisotopic (exact) mass is 426 g/mol. The number of aromatic nitrogens is 7. The smallest absolute Gasteiger partial charge is 0.244 e. The van der Waals surface area contributed by atoms with Crippen LogP contribution in [0.2, 0.25) is 0 Å². The minimum absolute atomic E-state index is 0.0983. The molecule has 0 spiro atoms. The zero-order valence-electron chi connectivity index (χ0n) is 16.0. The summed E-state index contributed by atoms with van der Waals surface area (Å²) in [6, 6.07) is 13.1. The summed E-state index contributed by atoms with van der Waals surface area (Å²) in [5.41, 5.74) is 1.30. The number of benzene rings is 2. The van der Waals surface area contributed by atoms with Gasteiger partial charge >= 0.3 is 0 Å². The van der Waals surface area contributed by atoms with Gasteiger partial charge in [-0.25, -0.2) is 17.8 Å². The summed E-state index contributed by atoms with van der Waals surface area (Å²) >= 11 is 0. The van der Waals surface area contributed by atoms with Crippen LogP contribution in [0.1, 0.15) is 13.3 Å². The molecule has 0 radical (unpaired) electrons. The summed E-state index contributed by atoms with van der Waals surface area (Å²) in [6.07, 6.45) is 1.95. The predicted molar refractivity (Wildman–Crippen MR) is 106 cm³/mol. The molecule has 0 aliphatic carbocycles. The molecule has 0 amide bonds. The van der Waals surface area contributed by atoms with Crippen LogP contribution in [0.25, 0.3) is 16.6 Å². The van der Waals surface area contributed by atoms with Crippen LogP contribution in [0.5, 0.6) is 5.88 Å². The molecule has 0 fully saturated rings. The molecule has 0 aliphatic heterocycles. The van der Waals surface area contributed by atoms with Crippen molar-refractivity contribution in [3.63, 3.8) is 0 Å². The van der Waals surface area contributed by atoms with E-state index in [4.69, 9.17) is 4.74 Å². The number of sulfonamides is 1. The van der Waals surface area contributed by atoms with Crippen LogP contribution in [0.4, 0.5) is 0 Å². The van der Waals surface area contributed by atoms with Crippen molar-refractivity contribution in [1.29, 1.82) is 0 Å². The fraction of sp³-hybridized carbons (Fsp3) is 0.222. The van der Waals surface area contributed by atoms with Gasteiger partial charge in [0.25, 0.3) is 0 Å². The van der Waals surface area contributed by atoms with Gasteiger partial charge in [0, 0.05) is 0 Å². The van der Waals surface area contributed by atoms with Gasteiger partial charge in [-0.05, 0) is 58.5 Å². The van der Waals surface area contributed by atoms with Gasteiger partial charge in [-0.1, -0.05) is 24.2 Å². The molecule has 2 aromatic heterocycles. The van der Waals surface area contributed by atoms with Gasteiger partial charge in [-0.2, -0.15) is 0 Å². The summed E-state index contributed by atoms with van der Waals surface area (Å²) in [5.74, 6) is 0.309. The fourth-order valence-corrected chi connectivity index (χ4v) is 4.08. The van der Waals surface area contributed by atoms with Crippen LogP contribution in [-0.2, 0) is 10.0 Å². The van der Waals surface area contributed by atoms with E-state index < -0.39 is 16.1 Å². The number of rotatable bonds is 8. The van der Waals surface area contributed by atoms with Crippen molar-refractivity contribution in [3.8, 4) is 11.6 Å². The lowest BCUT2D eigenvalue weighted by atomic mass is 10.2. The zero-order valence-corrected chi connectivity index (χ0v) is 16.8. The van der Waals surface area contributed by atoms with Gasteiger partial charge in [-0.15, -0.1) is 10.2 Å². The normalized spacial score (nSPS) is 12.7. The van der Waals surface area contributed by atoms with Gasteiger partial charge in [-0.3, -0.25) is 0 Å². The maximum Gasteiger partial charge on any atom is 0.244 e. The Kier molecular flexibility index (Phi) is 5.59. The number of ether oxygens (including phenoxy) is 1. The average molecular weight is 426 g/mol. The first-order valence-corrected chi connectivity index (χ1v) is 10.6. The summed E-state index contributed by atoms with van der Waals surface area (Å²) < 4.78 is 35.4. The standard InChI is InChI=1S/C18H18N8O3S/c1-2-13(11-29-18-16-5-3-4-6-17(16)20-24-21-18)22-30(27,28)15-9-7-14(8-10-15)26-12-19-23-25-26/h3-10,12-13,22H,2,11H2,1H3/t13-/m1/s1. The van der Waals surface area contributed by atoms with Crippen molar-refractivity contribution in [2.45, 2.75) is 24.3 Å². The van der Waals surface area contributed by atoms with Crippen molar-refractivity contribution in [2.24, 2.45) is 0 Å². The minimum atomic E-state index is -3.74. The number of hydrogen-bond donors (Lipinski definition) is 1. The lowest BCUT2D eigenvalue weighted by molar-refractivity contribution is 0.266. The molecular formula is C18H18N8O3S. The van der Waals surface area contributed by atoms with Gasteiger partial charge in [0.15, 0.2) is 0 Å². The van der Waals surface area contributed by atoms with E-state index in [2.05, 4.69) is 35.7 Å². The van der Waals surface area contributed by atoms with Crippen molar-refractivity contribution < 1.29 is 13.2 Å². The minimum Gasteiger partial charge on any atom is -0.474 e. The van der Waals surface area contributed by atoms with Gasteiger partial charge in [0.1, 0.15) is 18.5 Å². The summed E-state index contributed by atoms with van der Waals surface area (Å²) in [4.78, 5) is 0.131. The highest BCUT2D eigenvalue weighted by Crippen LogP contribution is 2.20. The molecule has 4 rings (SSSR count). The lowest BCUT2D eigenvalue weighted by Crippen LogP contribution is -2.38. The number of hydrogen-bond acceptors (Lipinski definition) is 9. The van der Waals surface area contributed by atoms with Gasteiger partial charge < -0.3 is 4.74 Å². The van der Waals surface area contributed by atoms with Crippen LogP contribution in [-0.4, -0.2) is 56.7 Å². The number of tetrazole rings is 1. The topological polar surface area (TPSA) is 138 Å². The quantitative estimate of drug-likeness (QED) is 0.439. The third kappa shape index (κ3) is 4.23. The molecule has 0 bridgehead atoms. The highest BCUT2D eigenvalue weighted by molar-refractivity contribution is 7.89. The molecule has 0 unspecified atom stereocenters. The van der Waals surface area contributed by atoms with E-state index in [1.54, 1.807) is 18.2 Å². The Morgan fingerprint density at radius 2 is 1.87 bits per heavy atom. The second kappa shape index (κ2) is 8.47. The second-order valence-electron chi connectivity index (χ2n) is 6.40. The molecule has 0 saturated carbocycles. The first kappa shape index (κ1) is 19.8. The SMILES string of the molecule is CC[C@H](COc1nnnc2ccccc12)NS(=O)(=O)c1ccc(-n2cnnn2)cc1. The van der Waals surface area contributed by atoms with E-state index in [1.165, 1.54) is 23.1 Å². The predicted octanol–water partition coefficient (Wildman–Crippen LogP) is 1.14. The Morgan fingerprint density at radius 1 is 1.07 bits per heavy atom. The molecular weight excluding hydrogens is 408 g/mol. The second-order valence-corrected chi connectivity index (χ2v) is 8.11. The molecule has 0 aliphatic rings. The molecule has 11 nitrogen and oxygen atoms in total. The van der Waals surface area contributed by atoms with Crippen LogP contribution in [0, 0.1) is 0 Å². The molecule has 2 aromatic carbocycles. The van der Waals surface area contributed by atoms with Crippen LogP contribution in [0.15, 0.2) is 59.8 Å². The summed E-state index contributed by atoms with van der Waals surface area (Å²) in [7, 11) is -3.74. The summed E-state index contributed by atoms with van der Waals surface area (Å²) in [5, 5.41) is 23.2. The maximum absolute atomic E-state index is 12.8. The van der Waals surface area contributed by atoms with Crippen LogP contribution in [0.3, 0.4) is 0 Å².